The smallest absolute Gasteiger partial charge is 0.115 e. The van der Waals surface area contributed by atoms with Crippen molar-refractivity contribution in [2.75, 3.05) is 0 Å². The molecule has 0 heterocycles. The molecule has 2 nitrogen and oxygen atoms in total. The van der Waals surface area contributed by atoms with Gasteiger partial charge in [-0.2, -0.15) is 0 Å². The predicted octanol–water partition coefficient (Wildman–Crippen LogP) is 1.90. The highest BCUT2D eigenvalue weighted by Crippen LogP contribution is 2.34. The van der Waals surface area contributed by atoms with Gasteiger partial charge in [0.15, 0.2) is 0 Å². The maximum absolute atomic E-state index is 9.36. The van der Waals surface area contributed by atoms with Crippen molar-refractivity contribution in [3.63, 3.8) is 0 Å². The van der Waals surface area contributed by atoms with Gasteiger partial charge in [0.1, 0.15) is 5.75 Å². The molecule has 0 bridgehead atoms. The van der Waals surface area contributed by atoms with Gasteiger partial charge in [0, 0.05) is 5.54 Å². The molecule has 1 aliphatic carbocycles. The molecule has 2 heteroatoms. The van der Waals surface area contributed by atoms with E-state index in [-0.39, 0.29) is 5.54 Å². The summed E-state index contributed by atoms with van der Waals surface area (Å²) in [7, 11) is 0. The van der Waals surface area contributed by atoms with E-state index in [0.29, 0.717) is 5.75 Å². The third kappa shape index (κ3) is 1.42. The molecule has 1 aliphatic rings. The first kappa shape index (κ1) is 8.57. The Labute approximate surface area is 78.4 Å². The van der Waals surface area contributed by atoms with Crippen LogP contribution in [0.2, 0.25) is 0 Å². The number of fused-ring (bicyclic) bond motifs is 1. The Hall–Kier alpha value is -1.02. The third-order valence-electron chi connectivity index (χ3n) is 2.85. The van der Waals surface area contributed by atoms with E-state index in [4.69, 9.17) is 5.73 Å². The lowest BCUT2D eigenvalue weighted by molar-refractivity contribution is 0.403. The molecule has 0 amide bonds. The Morgan fingerprint density at radius 3 is 3.00 bits per heavy atom. The second-order valence-corrected chi connectivity index (χ2v) is 4.11. The molecule has 1 unspecified atom stereocenters. The second kappa shape index (κ2) is 2.74. The van der Waals surface area contributed by atoms with Crippen molar-refractivity contribution < 1.29 is 5.11 Å². The van der Waals surface area contributed by atoms with Crippen LogP contribution in [0.25, 0.3) is 0 Å². The highest BCUT2D eigenvalue weighted by Gasteiger charge is 2.27. The van der Waals surface area contributed by atoms with Crippen LogP contribution in [0.3, 0.4) is 0 Å². The van der Waals surface area contributed by atoms with Gasteiger partial charge in [0.05, 0.1) is 0 Å². The summed E-state index contributed by atoms with van der Waals surface area (Å²) in [5.41, 5.74) is 8.29. The van der Waals surface area contributed by atoms with Crippen LogP contribution < -0.4 is 5.73 Å². The Bertz CT molecular complexity index is 331. The fourth-order valence-electron chi connectivity index (χ4n) is 2.09. The van der Waals surface area contributed by atoms with Gasteiger partial charge >= 0.3 is 0 Å². The molecule has 0 fully saturated rings. The normalized spacial score (nSPS) is 26.9. The number of hydrogen-bond donors (Lipinski definition) is 2. The van der Waals surface area contributed by atoms with Crippen molar-refractivity contribution in [2.24, 2.45) is 5.73 Å². The van der Waals surface area contributed by atoms with Crippen LogP contribution in [0.5, 0.6) is 5.75 Å². The van der Waals surface area contributed by atoms with Crippen molar-refractivity contribution in [1.82, 2.24) is 0 Å². The summed E-state index contributed by atoms with van der Waals surface area (Å²) in [6.07, 6.45) is 3.23. The third-order valence-corrected chi connectivity index (χ3v) is 2.85. The van der Waals surface area contributed by atoms with Gasteiger partial charge in [0.2, 0.25) is 0 Å². The van der Waals surface area contributed by atoms with E-state index in [9.17, 15) is 5.11 Å². The summed E-state index contributed by atoms with van der Waals surface area (Å²) in [5, 5.41) is 9.36. The molecule has 1 aromatic rings. The zero-order valence-corrected chi connectivity index (χ0v) is 7.88. The molecule has 2 rings (SSSR count). The number of rotatable bonds is 0. The van der Waals surface area contributed by atoms with Crippen LogP contribution in [0.1, 0.15) is 30.9 Å². The van der Waals surface area contributed by atoms with Gasteiger partial charge in [0.25, 0.3) is 0 Å². The highest BCUT2D eigenvalue weighted by molar-refractivity contribution is 5.40. The number of phenolic OH excluding ortho intramolecular Hbond substituents is 1. The topological polar surface area (TPSA) is 46.2 Å². The van der Waals surface area contributed by atoms with Crippen LogP contribution in [-0.2, 0) is 12.0 Å². The van der Waals surface area contributed by atoms with Gasteiger partial charge in [-0.05, 0) is 49.4 Å². The zero-order valence-electron chi connectivity index (χ0n) is 7.88. The van der Waals surface area contributed by atoms with Gasteiger partial charge in [-0.3, -0.25) is 0 Å². The molecule has 0 spiro atoms. The molecular formula is C11H15NO. The average molecular weight is 177 g/mol. The van der Waals surface area contributed by atoms with E-state index in [1.54, 1.807) is 12.1 Å². The lowest BCUT2D eigenvalue weighted by Gasteiger charge is -2.32. The van der Waals surface area contributed by atoms with Gasteiger partial charge in [-0.15, -0.1) is 0 Å². The van der Waals surface area contributed by atoms with E-state index in [1.165, 1.54) is 5.56 Å². The number of aromatic hydroxyl groups is 1. The summed E-state index contributed by atoms with van der Waals surface area (Å²) < 4.78 is 0. The number of hydrogen-bond acceptors (Lipinski definition) is 2. The predicted molar refractivity (Wildman–Crippen MR) is 52.6 cm³/mol. The van der Waals surface area contributed by atoms with Crippen LogP contribution in [0.15, 0.2) is 18.2 Å². The first-order chi connectivity index (χ1) is 6.09. The highest BCUT2D eigenvalue weighted by atomic mass is 16.3. The monoisotopic (exact) mass is 177 g/mol. The molecular weight excluding hydrogens is 162 g/mol. The molecule has 0 aromatic heterocycles. The molecule has 0 saturated heterocycles. The van der Waals surface area contributed by atoms with Crippen molar-refractivity contribution in [1.29, 1.82) is 0 Å². The van der Waals surface area contributed by atoms with Gasteiger partial charge in [-0.1, -0.05) is 6.07 Å². The maximum atomic E-state index is 9.36. The second-order valence-electron chi connectivity index (χ2n) is 4.11. The summed E-state index contributed by atoms with van der Waals surface area (Å²) in [5.74, 6) is 0.317. The molecule has 13 heavy (non-hydrogen) atoms. The van der Waals surface area contributed by atoms with Crippen molar-refractivity contribution in [2.45, 2.75) is 31.7 Å². The zero-order chi connectivity index (χ0) is 9.47. The molecule has 0 radical (unpaired) electrons. The average Bonchev–Trinajstić information content (AvgIpc) is 2.06. The van der Waals surface area contributed by atoms with Crippen LogP contribution >= 0.6 is 0 Å². The molecule has 0 aliphatic heterocycles. The minimum Gasteiger partial charge on any atom is -0.508 e. The lowest BCUT2D eigenvalue weighted by atomic mass is 9.78. The van der Waals surface area contributed by atoms with Crippen molar-refractivity contribution >= 4 is 0 Å². The minimum atomic E-state index is -0.258. The van der Waals surface area contributed by atoms with E-state index in [0.717, 1.165) is 24.8 Å². The van der Waals surface area contributed by atoms with Crippen LogP contribution in [-0.4, -0.2) is 5.11 Å². The summed E-state index contributed by atoms with van der Waals surface area (Å²) in [6.45, 7) is 2.03. The molecule has 1 aromatic carbocycles. The van der Waals surface area contributed by atoms with E-state index in [2.05, 4.69) is 0 Å². The Morgan fingerprint density at radius 2 is 2.23 bits per heavy atom. The number of phenols is 1. The maximum Gasteiger partial charge on any atom is 0.115 e. The molecule has 70 valence electrons. The Kier molecular flexibility index (Phi) is 1.81. The molecule has 3 N–H and O–H groups in total. The molecule has 0 saturated carbocycles. The standard InChI is InChI=1S/C11H15NO/c1-11(12)6-2-3-8-4-5-9(13)7-10(8)11/h4-5,7,13H,2-3,6,12H2,1H3. The van der Waals surface area contributed by atoms with E-state index >= 15 is 0 Å². The fraction of sp³-hybridized carbons (Fsp3) is 0.455. The van der Waals surface area contributed by atoms with Crippen molar-refractivity contribution in [3.05, 3.63) is 29.3 Å². The molecule has 1 atom stereocenters. The first-order valence-corrected chi connectivity index (χ1v) is 4.71. The summed E-state index contributed by atoms with van der Waals surface area (Å²) in [4.78, 5) is 0. The van der Waals surface area contributed by atoms with E-state index in [1.807, 2.05) is 13.0 Å². The number of aryl methyl sites for hydroxylation is 1. The van der Waals surface area contributed by atoms with Gasteiger partial charge in [-0.25, -0.2) is 0 Å². The Morgan fingerprint density at radius 1 is 1.46 bits per heavy atom. The number of benzene rings is 1. The van der Waals surface area contributed by atoms with Crippen molar-refractivity contribution in [3.8, 4) is 5.75 Å². The lowest BCUT2D eigenvalue weighted by Crippen LogP contribution is -2.36. The first-order valence-electron chi connectivity index (χ1n) is 4.71. The number of nitrogens with two attached hydrogens (primary N) is 1. The fourth-order valence-corrected chi connectivity index (χ4v) is 2.09. The Balaban J connectivity index is 2.55. The van der Waals surface area contributed by atoms with Crippen LogP contribution in [0.4, 0.5) is 0 Å². The quantitative estimate of drug-likeness (QED) is 0.635. The minimum absolute atomic E-state index is 0.258. The summed E-state index contributed by atoms with van der Waals surface area (Å²) in [6, 6.07) is 5.52. The van der Waals surface area contributed by atoms with Crippen LogP contribution in [0, 0.1) is 0 Å². The largest absolute Gasteiger partial charge is 0.508 e. The summed E-state index contributed by atoms with van der Waals surface area (Å²) >= 11 is 0. The SMILES string of the molecule is CC1(N)CCCc2ccc(O)cc21. The van der Waals surface area contributed by atoms with Gasteiger partial charge < -0.3 is 10.8 Å². The van der Waals surface area contributed by atoms with E-state index < -0.39 is 0 Å².